The van der Waals surface area contributed by atoms with E-state index in [0.29, 0.717) is 11.8 Å². The Morgan fingerprint density at radius 1 is 1.06 bits per heavy atom. The van der Waals surface area contributed by atoms with Crippen LogP contribution in [-0.4, -0.2) is 43.2 Å². The molecule has 34 heavy (non-hydrogen) atoms. The van der Waals surface area contributed by atoms with E-state index in [0.717, 1.165) is 51.1 Å². The van der Waals surface area contributed by atoms with Gasteiger partial charge in [0, 0.05) is 37.1 Å². The van der Waals surface area contributed by atoms with Crippen molar-refractivity contribution in [3.05, 3.63) is 59.4 Å². The number of amides is 2. The van der Waals surface area contributed by atoms with Crippen LogP contribution in [0.5, 0.6) is 0 Å². The Bertz CT molecular complexity index is 979. The number of carbonyl (C=O) groups excluding carboxylic acids is 1. The minimum Gasteiger partial charge on any atom is -0.384 e. The average Bonchev–Trinajstić information content (AvgIpc) is 3.30. The number of benzene rings is 2. The number of piperidine rings is 1. The number of halogens is 1. The van der Waals surface area contributed by atoms with E-state index in [1.165, 1.54) is 48.9 Å². The van der Waals surface area contributed by atoms with Crippen LogP contribution >= 0.6 is 0 Å². The molecule has 0 unspecified atom stereocenters. The van der Waals surface area contributed by atoms with Crippen LogP contribution in [0.2, 0.25) is 0 Å². The highest BCUT2D eigenvalue weighted by Gasteiger charge is 2.30. The molecule has 3 N–H and O–H groups in total. The van der Waals surface area contributed by atoms with Gasteiger partial charge in [-0.25, -0.2) is 9.18 Å². The van der Waals surface area contributed by atoms with E-state index in [4.69, 9.17) is 0 Å². The highest BCUT2D eigenvalue weighted by atomic mass is 19.1. The number of fused-ring (bicyclic) bond motifs is 1. The fourth-order valence-corrected chi connectivity index (χ4v) is 6.10. The number of likely N-dealkylation sites (tertiary alicyclic amines) is 1. The summed E-state index contributed by atoms with van der Waals surface area (Å²) in [5, 5.41) is 9.73. The fourth-order valence-electron chi connectivity index (χ4n) is 6.10. The molecule has 5 rings (SSSR count). The molecule has 2 fully saturated rings. The third kappa shape index (κ3) is 5.90. The molecule has 2 heterocycles. The molecule has 3 atom stereocenters. The highest BCUT2D eigenvalue weighted by Crippen LogP contribution is 2.29. The molecule has 2 aromatic carbocycles. The van der Waals surface area contributed by atoms with E-state index in [1.807, 2.05) is 18.2 Å². The van der Waals surface area contributed by atoms with Gasteiger partial charge in [-0.2, -0.15) is 0 Å². The van der Waals surface area contributed by atoms with Gasteiger partial charge >= 0.3 is 6.03 Å². The van der Waals surface area contributed by atoms with E-state index >= 15 is 0 Å². The topological polar surface area (TPSA) is 56.4 Å². The molecule has 2 aromatic rings. The molecule has 0 bridgehead atoms. The van der Waals surface area contributed by atoms with Gasteiger partial charge in [-0.1, -0.05) is 25.0 Å². The summed E-state index contributed by atoms with van der Waals surface area (Å²) in [6, 6.07) is 13.2. The number of hydrogen-bond donors (Lipinski definition) is 3. The predicted octanol–water partition coefficient (Wildman–Crippen LogP) is 5.43. The molecule has 1 aliphatic carbocycles. The Labute approximate surface area is 202 Å². The average molecular weight is 465 g/mol. The van der Waals surface area contributed by atoms with Crippen molar-refractivity contribution < 1.29 is 9.18 Å². The van der Waals surface area contributed by atoms with Crippen LogP contribution in [0.15, 0.2) is 42.5 Å². The van der Waals surface area contributed by atoms with Gasteiger partial charge in [0.15, 0.2) is 0 Å². The molecule has 6 heteroatoms. The number of nitrogens with zero attached hydrogens (tertiary/aromatic N) is 1. The van der Waals surface area contributed by atoms with Crippen LogP contribution in [0, 0.1) is 17.7 Å². The highest BCUT2D eigenvalue weighted by molar-refractivity contribution is 5.90. The van der Waals surface area contributed by atoms with Gasteiger partial charge in [-0.05, 0) is 98.4 Å². The number of hydrogen-bond acceptors (Lipinski definition) is 3. The van der Waals surface area contributed by atoms with Crippen molar-refractivity contribution in [2.45, 2.75) is 57.4 Å². The summed E-state index contributed by atoms with van der Waals surface area (Å²) >= 11 is 0. The summed E-state index contributed by atoms with van der Waals surface area (Å²) in [5.41, 5.74) is 4.54. The van der Waals surface area contributed by atoms with Gasteiger partial charge in [0.1, 0.15) is 5.82 Å². The number of urea groups is 1. The molecule has 2 amide bonds. The minimum absolute atomic E-state index is 0.0874. The third-order valence-corrected chi connectivity index (χ3v) is 7.83. The van der Waals surface area contributed by atoms with Crippen molar-refractivity contribution in [1.82, 2.24) is 10.2 Å². The molecule has 0 radical (unpaired) electrons. The van der Waals surface area contributed by atoms with Crippen molar-refractivity contribution in [2.24, 2.45) is 11.8 Å². The molecule has 1 saturated heterocycles. The first-order valence-electron chi connectivity index (χ1n) is 13.0. The number of anilines is 2. The normalized spacial score (nSPS) is 24.8. The van der Waals surface area contributed by atoms with Crippen molar-refractivity contribution in [2.75, 3.05) is 36.8 Å². The molecular weight excluding hydrogens is 427 g/mol. The Balaban J connectivity index is 1.14. The zero-order valence-corrected chi connectivity index (χ0v) is 20.0. The van der Waals surface area contributed by atoms with Gasteiger partial charge in [0.05, 0.1) is 0 Å². The number of rotatable bonds is 6. The standard InChI is InChI=1S/C28H37FN4O/c29-24-9-7-20(8-10-24)16-21-4-3-15-33(18-21)19-23-5-1-2-6-27(23)32-28(34)31-25-11-12-26-22(17-25)13-14-30-26/h7-12,17,21,23,27,30H,1-6,13-16,18-19H2,(H2,31,32,34)/t21-,23-,27+/m0/s1. The van der Waals surface area contributed by atoms with Gasteiger partial charge in [-0.15, -0.1) is 0 Å². The molecular formula is C28H37FN4O. The van der Waals surface area contributed by atoms with Crippen molar-refractivity contribution in [3.8, 4) is 0 Å². The summed E-state index contributed by atoms with van der Waals surface area (Å²) in [6.45, 7) is 4.25. The molecule has 0 spiro atoms. The van der Waals surface area contributed by atoms with Crippen molar-refractivity contribution >= 4 is 17.4 Å². The SMILES string of the molecule is O=C(Nc1ccc2c(c1)CCN2)N[C@@H]1CCCC[C@H]1CN1CCC[C@@H](Cc2ccc(F)cc2)C1. The Hall–Kier alpha value is -2.60. The molecule has 1 saturated carbocycles. The second-order valence-corrected chi connectivity index (χ2v) is 10.4. The lowest BCUT2D eigenvalue weighted by atomic mass is 9.83. The quantitative estimate of drug-likeness (QED) is 0.534. The third-order valence-electron chi connectivity index (χ3n) is 7.83. The number of carbonyl (C=O) groups is 1. The van der Waals surface area contributed by atoms with Crippen molar-refractivity contribution in [1.29, 1.82) is 0 Å². The predicted molar refractivity (Wildman–Crippen MR) is 136 cm³/mol. The largest absolute Gasteiger partial charge is 0.384 e. The second kappa shape index (κ2) is 10.8. The van der Waals surface area contributed by atoms with E-state index in [9.17, 15) is 9.18 Å². The summed E-state index contributed by atoms with van der Waals surface area (Å²) in [5.74, 6) is 0.946. The fraction of sp³-hybridized carbons (Fsp3) is 0.536. The molecule has 5 nitrogen and oxygen atoms in total. The zero-order chi connectivity index (χ0) is 23.3. The lowest BCUT2D eigenvalue weighted by Crippen LogP contribution is -2.49. The Kier molecular flexibility index (Phi) is 7.33. The van der Waals surface area contributed by atoms with Crippen molar-refractivity contribution in [3.63, 3.8) is 0 Å². The molecule has 182 valence electrons. The van der Waals surface area contributed by atoms with Crippen LogP contribution < -0.4 is 16.0 Å². The smallest absolute Gasteiger partial charge is 0.319 e. The van der Waals surface area contributed by atoms with Crippen LogP contribution in [-0.2, 0) is 12.8 Å². The van der Waals surface area contributed by atoms with Gasteiger partial charge in [-0.3, -0.25) is 0 Å². The summed E-state index contributed by atoms with van der Waals surface area (Å²) in [7, 11) is 0. The number of nitrogens with one attached hydrogen (secondary N) is 3. The molecule has 3 aliphatic rings. The summed E-state index contributed by atoms with van der Waals surface area (Å²) < 4.78 is 13.2. The lowest BCUT2D eigenvalue weighted by Gasteiger charge is -2.39. The van der Waals surface area contributed by atoms with Gasteiger partial charge in [0.25, 0.3) is 0 Å². The van der Waals surface area contributed by atoms with E-state index in [-0.39, 0.29) is 17.9 Å². The summed E-state index contributed by atoms with van der Waals surface area (Å²) in [4.78, 5) is 15.4. The van der Waals surface area contributed by atoms with E-state index in [2.05, 4.69) is 33.0 Å². The van der Waals surface area contributed by atoms with Crippen LogP contribution in [0.4, 0.5) is 20.6 Å². The van der Waals surface area contributed by atoms with Gasteiger partial charge in [0.2, 0.25) is 0 Å². The first-order chi connectivity index (χ1) is 16.6. The van der Waals surface area contributed by atoms with E-state index < -0.39 is 0 Å². The Morgan fingerprint density at radius 3 is 2.79 bits per heavy atom. The van der Waals surface area contributed by atoms with Crippen LogP contribution in [0.25, 0.3) is 0 Å². The maximum Gasteiger partial charge on any atom is 0.319 e. The van der Waals surface area contributed by atoms with Crippen LogP contribution in [0.3, 0.4) is 0 Å². The maximum atomic E-state index is 13.2. The lowest BCUT2D eigenvalue weighted by molar-refractivity contribution is 0.123. The molecule has 0 aromatic heterocycles. The first kappa shape index (κ1) is 23.2. The summed E-state index contributed by atoms with van der Waals surface area (Å²) in [6.07, 6.45) is 9.13. The second-order valence-electron chi connectivity index (χ2n) is 10.4. The van der Waals surface area contributed by atoms with E-state index in [1.54, 1.807) is 12.1 Å². The maximum absolute atomic E-state index is 13.2. The molecule has 2 aliphatic heterocycles. The zero-order valence-electron chi connectivity index (χ0n) is 20.0. The van der Waals surface area contributed by atoms with Crippen LogP contribution in [0.1, 0.15) is 49.7 Å². The monoisotopic (exact) mass is 464 g/mol. The van der Waals surface area contributed by atoms with Gasteiger partial charge < -0.3 is 20.9 Å². The Morgan fingerprint density at radius 2 is 1.91 bits per heavy atom. The first-order valence-corrected chi connectivity index (χ1v) is 13.0. The minimum atomic E-state index is -0.165.